The first-order valence-electron chi connectivity index (χ1n) is 12.0. The van der Waals surface area contributed by atoms with Crippen LogP contribution in [0, 0.1) is 12.8 Å². The maximum atomic E-state index is 12.5. The van der Waals surface area contributed by atoms with E-state index in [1.54, 1.807) is 24.3 Å². The number of aryl methyl sites for hydroxylation is 1. The van der Waals surface area contributed by atoms with Gasteiger partial charge in [0.2, 0.25) is 5.91 Å². The van der Waals surface area contributed by atoms with Gasteiger partial charge < -0.3 is 15.2 Å². The minimum atomic E-state index is -0.725. The third-order valence-corrected chi connectivity index (χ3v) is 6.80. The van der Waals surface area contributed by atoms with Crippen molar-refractivity contribution in [3.8, 4) is 5.75 Å². The number of ether oxygens (including phenoxy) is 1. The number of rotatable bonds is 9. The number of carboxylic acid groups (broad SMARTS) is 1. The van der Waals surface area contributed by atoms with Crippen LogP contribution < -0.4 is 10.1 Å². The molecule has 2 aliphatic rings. The minimum absolute atomic E-state index is 0.0208. The topological polar surface area (TPSA) is 92.7 Å². The Balaban J connectivity index is 1.17. The van der Waals surface area contributed by atoms with Gasteiger partial charge in [0.25, 0.3) is 0 Å². The first-order valence-corrected chi connectivity index (χ1v) is 12.0. The Kier molecular flexibility index (Phi) is 7.46. The van der Waals surface area contributed by atoms with E-state index in [9.17, 15) is 14.4 Å². The molecule has 2 aromatic carbocycles. The number of amides is 1. The zero-order valence-corrected chi connectivity index (χ0v) is 19.5. The summed E-state index contributed by atoms with van der Waals surface area (Å²) in [7, 11) is 0. The maximum Gasteiger partial charge on any atom is 0.306 e. The van der Waals surface area contributed by atoms with E-state index in [4.69, 9.17) is 9.84 Å². The quantitative estimate of drug-likeness (QED) is 0.416. The molecule has 2 aromatic rings. The van der Waals surface area contributed by atoms with Crippen molar-refractivity contribution < 1.29 is 24.2 Å². The number of nitrogens with one attached hydrogen (secondary N) is 1. The van der Waals surface area contributed by atoms with E-state index in [1.165, 1.54) is 11.1 Å². The van der Waals surface area contributed by atoms with Gasteiger partial charge in [-0.05, 0) is 86.1 Å². The first-order chi connectivity index (χ1) is 16.4. The van der Waals surface area contributed by atoms with Gasteiger partial charge in [0.1, 0.15) is 5.75 Å². The third-order valence-electron chi connectivity index (χ3n) is 6.80. The molecule has 6 heteroatoms. The van der Waals surface area contributed by atoms with Gasteiger partial charge in [0, 0.05) is 30.5 Å². The van der Waals surface area contributed by atoms with Gasteiger partial charge in [-0.3, -0.25) is 14.4 Å². The second kappa shape index (κ2) is 10.7. The normalized spacial score (nSPS) is 19.1. The van der Waals surface area contributed by atoms with E-state index in [2.05, 4.69) is 18.3 Å². The molecule has 0 saturated heterocycles. The van der Waals surface area contributed by atoms with Crippen molar-refractivity contribution in [3.63, 3.8) is 0 Å². The van der Waals surface area contributed by atoms with Crippen LogP contribution >= 0.6 is 0 Å². The molecule has 1 amide bonds. The van der Waals surface area contributed by atoms with Crippen LogP contribution in [0.15, 0.2) is 48.0 Å². The summed E-state index contributed by atoms with van der Waals surface area (Å²) in [4.78, 5) is 36.1. The molecular formula is C28H31NO5. The molecular weight excluding hydrogens is 430 g/mol. The first kappa shape index (κ1) is 23.7. The number of carbonyl (C=O) groups excluding carboxylic acids is 2. The molecule has 178 valence electrons. The molecule has 1 fully saturated rings. The van der Waals surface area contributed by atoms with E-state index in [-0.39, 0.29) is 23.7 Å². The van der Waals surface area contributed by atoms with Crippen LogP contribution in [0.5, 0.6) is 5.75 Å². The van der Waals surface area contributed by atoms with Gasteiger partial charge in [-0.25, -0.2) is 0 Å². The minimum Gasteiger partial charge on any atom is -0.490 e. The van der Waals surface area contributed by atoms with Crippen LogP contribution in [0.1, 0.15) is 65.6 Å². The second-order valence-corrected chi connectivity index (χ2v) is 9.23. The molecule has 0 radical (unpaired) electrons. The van der Waals surface area contributed by atoms with E-state index >= 15 is 0 Å². The smallest absolute Gasteiger partial charge is 0.306 e. The van der Waals surface area contributed by atoms with Crippen molar-refractivity contribution in [2.24, 2.45) is 5.92 Å². The van der Waals surface area contributed by atoms with Gasteiger partial charge in [-0.15, -0.1) is 0 Å². The van der Waals surface area contributed by atoms with Crippen LogP contribution in [-0.2, 0) is 16.0 Å². The van der Waals surface area contributed by atoms with Crippen LogP contribution in [0.2, 0.25) is 0 Å². The number of benzene rings is 2. The molecule has 2 N–H and O–H groups in total. The highest BCUT2D eigenvalue weighted by Crippen LogP contribution is 2.29. The summed E-state index contributed by atoms with van der Waals surface area (Å²) in [5, 5.41) is 12.0. The van der Waals surface area contributed by atoms with E-state index in [1.807, 2.05) is 18.2 Å². The fourth-order valence-electron chi connectivity index (χ4n) is 4.72. The predicted molar refractivity (Wildman–Crippen MR) is 130 cm³/mol. The number of aliphatic carboxylic acids is 1. The lowest BCUT2D eigenvalue weighted by Crippen LogP contribution is -2.27. The Labute approximate surface area is 200 Å². The van der Waals surface area contributed by atoms with Gasteiger partial charge in [-0.1, -0.05) is 18.2 Å². The van der Waals surface area contributed by atoms with Crippen molar-refractivity contribution in [1.29, 1.82) is 0 Å². The van der Waals surface area contributed by atoms with E-state index in [0.29, 0.717) is 50.0 Å². The lowest BCUT2D eigenvalue weighted by atomic mass is 9.87. The highest BCUT2D eigenvalue weighted by Gasteiger charge is 2.27. The molecule has 34 heavy (non-hydrogen) atoms. The lowest BCUT2D eigenvalue weighted by Gasteiger charge is -2.26. The van der Waals surface area contributed by atoms with Crippen LogP contribution in [0.4, 0.5) is 0 Å². The summed E-state index contributed by atoms with van der Waals surface area (Å²) in [6.07, 6.45) is 6.29. The van der Waals surface area contributed by atoms with Crippen LogP contribution in [-0.4, -0.2) is 35.4 Å². The van der Waals surface area contributed by atoms with Gasteiger partial charge in [0.05, 0.1) is 12.0 Å². The van der Waals surface area contributed by atoms with Gasteiger partial charge >= 0.3 is 5.97 Å². The summed E-state index contributed by atoms with van der Waals surface area (Å²) < 4.78 is 5.97. The maximum absolute atomic E-state index is 12.5. The highest BCUT2D eigenvalue weighted by atomic mass is 16.5. The number of hydrogen-bond donors (Lipinski definition) is 2. The third kappa shape index (κ3) is 5.74. The molecule has 4 rings (SSSR count). The molecule has 0 unspecified atom stereocenters. The number of carboxylic acids is 1. The molecule has 0 spiro atoms. The monoisotopic (exact) mass is 461 g/mol. The Hall–Kier alpha value is -3.41. The van der Waals surface area contributed by atoms with Crippen LogP contribution in [0.3, 0.4) is 0 Å². The van der Waals surface area contributed by atoms with Crippen molar-refractivity contribution >= 4 is 23.7 Å². The number of fused-ring (bicyclic) bond motifs is 1. The van der Waals surface area contributed by atoms with Crippen molar-refractivity contribution in [3.05, 3.63) is 70.3 Å². The van der Waals surface area contributed by atoms with E-state index in [0.717, 1.165) is 24.0 Å². The fourth-order valence-corrected chi connectivity index (χ4v) is 4.72. The van der Waals surface area contributed by atoms with Crippen LogP contribution in [0.25, 0.3) is 6.08 Å². The van der Waals surface area contributed by atoms with Crippen molar-refractivity contribution in [2.75, 3.05) is 6.54 Å². The van der Waals surface area contributed by atoms with Crippen molar-refractivity contribution in [1.82, 2.24) is 5.32 Å². The predicted octanol–water partition coefficient (Wildman–Crippen LogP) is 4.74. The molecule has 0 aliphatic heterocycles. The SMILES string of the molecule is Cc1cccc2c1CC(C(=O)NCCCC(=O)c1ccc(OC3CCC(C(=O)O)CC3)cc1)=C2. The molecule has 0 heterocycles. The lowest BCUT2D eigenvalue weighted by molar-refractivity contribution is -0.143. The van der Waals surface area contributed by atoms with Crippen molar-refractivity contribution in [2.45, 2.75) is 58.0 Å². The average molecular weight is 462 g/mol. The average Bonchev–Trinajstić information content (AvgIpc) is 3.28. The molecule has 1 saturated carbocycles. The molecule has 0 aromatic heterocycles. The standard InChI is InChI=1S/C28H31NO5/c1-18-4-2-5-21-16-22(17-25(18)21)27(31)29-15-3-6-26(30)19-7-11-23(12-8-19)34-24-13-9-20(10-14-24)28(32)33/h2,4-5,7-8,11-12,16,20,24H,3,6,9-10,13-15,17H2,1H3,(H,29,31)(H,32,33). The number of hydrogen-bond acceptors (Lipinski definition) is 4. The second-order valence-electron chi connectivity index (χ2n) is 9.23. The summed E-state index contributed by atoms with van der Waals surface area (Å²) in [5.41, 5.74) is 4.91. The van der Waals surface area contributed by atoms with Gasteiger partial charge in [-0.2, -0.15) is 0 Å². The zero-order chi connectivity index (χ0) is 24.1. The summed E-state index contributed by atoms with van der Waals surface area (Å²) in [5.74, 6) is -0.325. The Morgan fingerprint density at radius 2 is 1.76 bits per heavy atom. The Bertz CT molecular complexity index is 1090. The van der Waals surface area contributed by atoms with E-state index < -0.39 is 5.97 Å². The summed E-state index contributed by atoms with van der Waals surface area (Å²) >= 11 is 0. The highest BCUT2D eigenvalue weighted by molar-refractivity contribution is 6.00. The summed E-state index contributed by atoms with van der Waals surface area (Å²) in [6, 6.07) is 13.2. The Morgan fingerprint density at radius 1 is 1.03 bits per heavy atom. The van der Waals surface area contributed by atoms with Gasteiger partial charge in [0.15, 0.2) is 5.78 Å². The number of carbonyl (C=O) groups is 3. The zero-order valence-electron chi connectivity index (χ0n) is 19.5. The molecule has 0 bridgehead atoms. The largest absolute Gasteiger partial charge is 0.490 e. The Morgan fingerprint density at radius 3 is 2.44 bits per heavy atom. The molecule has 0 atom stereocenters. The molecule has 2 aliphatic carbocycles. The fraction of sp³-hybridized carbons (Fsp3) is 0.393. The molecule has 6 nitrogen and oxygen atoms in total. The number of Topliss-reactive ketones (excluding diaryl/α,β-unsaturated/α-hetero) is 1. The number of ketones is 1. The summed E-state index contributed by atoms with van der Waals surface area (Å²) in [6.45, 7) is 2.52.